The highest BCUT2D eigenvalue weighted by Crippen LogP contribution is 2.40. The molecule has 1 aliphatic heterocycles. The van der Waals surface area contributed by atoms with Gasteiger partial charge in [0.15, 0.2) is 0 Å². The molecule has 0 radical (unpaired) electrons. The standard InChI is InChI=1S/C25H25N3/c1-5-8-13-23-17(4)26-25-21-11-9-10-12-22(21)27-24(28(23)25)20-15-14-18(6-2)19(7-3)16-20/h6-16,24,27H,2-3,5H2,1,4H3/b13-8-. The molecule has 3 aromatic rings. The highest BCUT2D eigenvalue weighted by Gasteiger charge is 2.29. The van der Waals surface area contributed by atoms with Crippen molar-refractivity contribution in [2.75, 3.05) is 5.32 Å². The van der Waals surface area contributed by atoms with Crippen LogP contribution in [0.15, 0.2) is 61.7 Å². The van der Waals surface area contributed by atoms with E-state index in [4.69, 9.17) is 4.98 Å². The molecule has 140 valence electrons. The van der Waals surface area contributed by atoms with Crippen LogP contribution < -0.4 is 5.32 Å². The summed E-state index contributed by atoms with van der Waals surface area (Å²) in [7, 11) is 0. The summed E-state index contributed by atoms with van der Waals surface area (Å²) in [5.41, 5.74) is 7.74. The van der Waals surface area contributed by atoms with Gasteiger partial charge in [0, 0.05) is 11.3 Å². The summed E-state index contributed by atoms with van der Waals surface area (Å²) in [4.78, 5) is 4.93. The van der Waals surface area contributed by atoms with Gasteiger partial charge in [-0.05, 0) is 54.3 Å². The molecule has 2 heterocycles. The predicted octanol–water partition coefficient (Wildman–Crippen LogP) is 6.54. The van der Waals surface area contributed by atoms with Crippen molar-refractivity contribution in [3.05, 3.63) is 89.8 Å². The van der Waals surface area contributed by atoms with Crippen LogP contribution in [0.4, 0.5) is 5.69 Å². The van der Waals surface area contributed by atoms with Crippen LogP contribution in [0.25, 0.3) is 29.6 Å². The van der Waals surface area contributed by atoms with Gasteiger partial charge in [-0.25, -0.2) is 4.98 Å². The number of nitrogens with one attached hydrogen (secondary N) is 1. The monoisotopic (exact) mass is 367 g/mol. The lowest BCUT2D eigenvalue weighted by Gasteiger charge is -2.31. The van der Waals surface area contributed by atoms with Gasteiger partial charge in [0.05, 0.1) is 11.4 Å². The van der Waals surface area contributed by atoms with E-state index in [2.05, 4.69) is 91.5 Å². The van der Waals surface area contributed by atoms with Crippen LogP contribution in [0, 0.1) is 6.92 Å². The van der Waals surface area contributed by atoms with Crippen LogP contribution in [0.5, 0.6) is 0 Å². The second-order valence-electron chi connectivity index (χ2n) is 6.98. The zero-order chi connectivity index (χ0) is 19.7. The number of allylic oxidation sites excluding steroid dienone is 1. The molecule has 1 N–H and O–H groups in total. The maximum absolute atomic E-state index is 4.93. The molecular weight excluding hydrogens is 342 g/mol. The summed E-state index contributed by atoms with van der Waals surface area (Å²) >= 11 is 0. The van der Waals surface area contributed by atoms with Gasteiger partial charge in [0.25, 0.3) is 0 Å². The number of imidazole rings is 1. The molecule has 0 spiro atoms. The molecule has 2 aromatic carbocycles. The van der Waals surface area contributed by atoms with E-state index in [9.17, 15) is 0 Å². The number of aromatic nitrogens is 2. The van der Waals surface area contributed by atoms with Crippen LogP contribution in [0.3, 0.4) is 0 Å². The number of benzene rings is 2. The number of para-hydroxylation sites is 1. The lowest BCUT2D eigenvalue weighted by Crippen LogP contribution is -2.25. The number of aryl methyl sites for hydroxylation is 1. The quantitative estimate of drug-likeness (QED) is 0.555. The van der Waals surface area contributed by atoms with Crippen molar-refractivity contribution in [1.82, 2.24) is 9.55 Å². The molecule has 0 aliphatic carbocycles. The van der Waals surface area contributed by atoms with E-state index in [1.165, 1.54) is 5.56 Å². The molecule has 1 aliphatic rings. The van der Waals surface area contributed by atoms with Crippen LogP contribution in [0.2, 0.25) is 0 Å². The first kappa shape index (κ1) is 18.1. The fourth-order valence-electron chi connectivity index (χ4n) is 3.81. The minimum atomic E-state index is -0.0415. The van der Waals surface area contributed by atoms with Crippen molar-refractivity contribution in [3.8, 4) is 11.4 Å². The van der Waals surface area contributed by atoms with Gasteiger partial charge in [-0.3, -0.25) is 4.57 Å². The number of fused-ring (bicyclic) bond motifs is 3. The molecule has 0 amide bonds. The van der Waals surface area contributed by atoms with E-state index >= 15 is 0 Å². The van der Waals surface area contributed by atoms with E-state index in [0.29, 0.717) is 0 Å². The molecular formula is C25H25N3. The summed E-state index contributed by atoms with van der Waals surface area (Å²) in [6.45, 7) is 12.1. The van der Waals surface area contributed by atoms with Crippen LogP contribution >= 0.6 is 0 Å². The van der Waals surface area contributed by atoms with Crippen molar-refractivity contribution in [1.29, 1.82) is 0 Å². The average Bonchev–Trinajstić information content (AvgIpc) is 3.07. The number of nitrogens with zero attached hydrogens (tertiary/aromatic N) is 2. The number of hydrogen-bond donors (Lipinski definition) is 1. The summed E-state index contributed by atoms with van der Waals surface area (Å²) in [5, 5.41) is 3.72. The Morgan fingerprint density at radius 3 is 2.64 bits per heavy atom. The van der Waals surface area contributed by atoms with E-state index in [1.807, 2.05) is 12.2 Å². The second-order valence-corrected chi connectivity index (χ2v) is 6.98. The van der Waals surface area contributed by atoms with E-state index < -0.39 is 0 Å². The zero-order valence-corrected chi connectivity index (χ0v) is 16.4. The van der Waals surface area contributed by atoms with Gasteiger partial charge in [0.2, 0.25) is 0 Å². The molecule has 3 nitrogen and oxygen atoms in total. The summed E-state index contributed by atoms with van der Waals surface area (Å²) in [6.07, 6.45) is 9.07. The molecule has 3 heteroatoms. The van der Waals surface area contributed by atoms with Crippen LogP contribution in [0.1, 0.15) is 47.6 Å². The van der Waals surface area contributed by atoms with E-state index in [-0.39, 0.29) is 6.17 Å². The first-order valence-electron chi connectivity index (χ1n) is 9.68. The first-order valence-corrected chi connectivity index (χ1v) is 9.68. The molecule has 1 aromatic heterocycles. The minimum absolute atomic E-state index is 0.0415. The Balaban J connectivity index is 1.95. The molecule has 4 rings (SSSR count). The van der Waals surface area contributed by atoms with Crippen molar-refractivity contribution >= 4 is 23.9 Å². The third-order valence-corrected chi connectivity index (χ3v) is 5.23. The molecule has 1 unspecified atom stereocenters. The zero-order valence-electron chi connectivity index (χ0n) is 16.4. The van der Waals surface area contributed by atoms with Gasteiger partial charge in [-0.15, -0.1) is 0 Å². The fraction of sp³-hybridized carbons (Fsp3) is 0.160. The highest BCUT2D eigenvalue weighted by atomic mass is 15.2. The first-order chi connectivity index (χ1) is 13.7. The fourth-order valence-corrected chi connectivity index (χ4v) is 3.81. The average molecular weight is 367 g/mol. The van der Waals surface area contributed by atoms with E-state index in [1.54, 1.807) is 0 Å². The van der Waals surface area contributed by atoms with Crippen molar-refractivity contribution in [2.24, 2.45) is 0 Å². The van der Waals surface area contributed by atoms with Gasteiger partial charge in [0.1, 0.15) is 12.0 Å². The summed E-state index contributed by atoms with van der Waals surface area (Å²) in [6, 6.07) is 14.8. The lowest BCUT2D eigenvalue weighted by molar-refractivity contribution is 0.644. The molecule has 0 fully saturated rings. The normalized spacial score (nSPS) is 15.0. The Hall–Kier alpha value is -3.33. The minimum Gasteiger partial charge on any atom is -0.361 e. The van der Waals surface area contributed by atoms with Crippen LogP contribution in [-0.4, -0.2) is 9.55 Å². The Labute approximate surface area is 166 Å². The molecule has 1 atom stereocenters. The van der Waals surface area contributed by atoms with Crippen LogP contribution in [-0.2, 0) is 0 Å². The third kappa shape index (κ3) is 2.89. The van der Waals surface area contributed by atoms with Gasteiger partial charge in [-0.2, -0.15) is 0 Å². The number of hydrogen-bond acceptors (Lipinski definition) is 2. The Morgan fingerprint density at radius 2 is 1.89 bits per heavy atom. The molecule has 28 heavy (non-hydrogen) atoms. The van der Waals surface area contributed by atoms with Gasteiger partial charge >= 0.3 is 0 Å². The lowest BCUT2D eigenvalue weighted by atomic mass is 10.00. The number of anilines is 1. The largest absolute Gasteiger partial charge is 0.361 e. The molecule has 0 bridgehead atoms. The maximum atomic E-state index is 4.93. The Morgan fingerprint density at radius 1 is 1.11 bits per heavy atom. The summed E-state index contributed by atoms with van der Waals surface area (Å²) < 4.78 is 2.31. The van der Waals surface area contributed by atoms with Crippen molar-refractivity contribution in [2.45, 2.75) is 26.4 Å². The Kier molecular flexibility index (Phi) is 4.74. The summed E-state index contributed by atoms with van der Waals surface area (Å²) in [5.74, 6) is 1.00. The smallest absolute Gasteiger partial charge is 0.144 e. The van der Waals surface area contributed by atoms with E-state index in [0.717, 1.165) is 46.0 Å². The SMILES string of the molecule is C=Cc1ccc(C2Nc3ccccc3-c3nc(C)c(/C=C\CC)n32)cc1C=C. The van der Waals surface area contributed by atoms with Crippen molar-refractivity contribution in [3.63, 3.8) is 0 Å². The van der Waals surface area contributed by atoms with Crippen molar-refractivity contribution < 1.29 is 0 Å². The third-order valence-electron chi connectivity index (χ3n) is 5.23. The van der Waals surface area contributed by atoms with Gasteiger partial charge in [-0.1, -0.05) is 62.6 Å². The second kappa shape index (κ2) is 7.35. The molecule has 0 saturated heterocycles. The molecule has 0 saturated carbocycles. The number of rotatable bonds is 5. The highest BCUT2D eigenvalue weighted by molar-refractivity contribution is 5.78. The predicted molar refractivity (Wildman–Crippen MR) is 120 cm³/mol. The Bertz CT molecular complexity index is 1090. The van der Waals surface area contributed by atoms with Gasteiger partial charge < -0.3 is 5.32 Å². The maximum Gasteiger partial charge on any atom is 0.144 e. The topological polar surface area (TPSA) is 29.9 Å².